The van der Waals surface area contributed by atoms with Gasteiger partial charge < -0.3 is 10.6 Å². The van der Waals surface area contributed by atoms with Gasteiger partial charge in [0.25, 0.3) is 0 Å². The maximum absolute atomic E-state index is 5.70. The Morgan fingerprint density at radius 2 is 2.14 bits per heavy atom. The molecular formula is C10H16BrN3. The molecule has 0 fully saturated rings. The fourth-order valence-electron chi connectivity index (χ4n) is 1.01. The quantitative estimate of drug-likeness (QED) is 0.901. The number of rotatable bonds is 3. The van der Waals surface area contributed by atoms with Crippen molar-refractivity contribution in [1.82, 2.24) is 4.98 Å². The molecule has 0 amide bonds. The number of likely N-dealkylation sites (N-methyl/N-ethyl adjacent to an activating group) is 1. The highest BCUT2D eigenvalue weighted by atomic mass is 79.9. The van der Waals surface area contributed by atoms with Crippen molar-refractivity contribution in [2.45, 2.75) is 19.4 Å². The van der Waals surface area contributed by atoms with E-state index in [1.165, 1.54) is 0 Å². The van der Waals surface area contributed by atoms with Gasteiger partial charge in [-0.15, -0.1) is 0 Å². The van der Waals surface area contributed by atoms with E-state index in [9.17, 15) is 0 Å². The Morgan fingerprint density at radius 3 is 2.57 bits per heavy atom. The van der Waals surface area contributed by atoms with Crippen LogP contribution in [-0.2, 0) is 0 Å². The summed E-state index contributed by atoms with van der Waals surface area (Å²) in [5.41, 5.74) is 5.63. The third kappa shape index (κ3) is 2.45. The number of nitrogens with zero attached hydrogens (tertiary/aromatic N) is 2. The number of halogens is 1. The van der Waals surface area contributed by atoms with E-state index in [0.29, 0.717) is 6.54 Å². The average molecular weight is 258 g/mol. The lowest BCUT2D eigenvalue weighted by molar-refractivity contribution is 0.494. The van der Waals surface area contributed by atoms with Gasteiger partial charge in [-0.1, -0.05) is 0 Å². The molecule has 14 heavy (non-hydrogen) atoms. The minimum absolute atomic E-state index is 0.0686. The van der Waals surface area contributed by atoms with Crippen LogP contribution in [-0.4, -0.2) is 24.1 Å². The second kappa shape index (κ2) is 4.28. The van der Waals surface area contributed by atoms with Crippen molar-refractivity contribution in [3.63, 3.8) is 0 Å². The van der Waals surface area contributed by atoms with Gasteiger partial charge in [-0.25, -0.2) is 4.98 Å². The normalized spacial score (nSPS) is 11.5. The van der Waals surface area contributed by atoms with Crippen molar-refractivity contribution in [3.8, 4) is 0 Å². The third-order valence-electron chi connectivity index (χ3n) is 2.46. The molecule has 0 saturated carbocycles. The monoisotopic (exact) mass is 257 g/mol. The van der Waals surface area contributed by atoms with E-state index >= 15 is 0 Å². The summed E-state index contributed by atoms with van der Waals surface area (Å²) in [6, 6.07) is 3.95. The summed E-state index contributed by atoms with van der Waals surface area (Å²) in [7, 11) is 2.00. The molecule has 4 heteroatoms. The zero-order valence-electron chi connectivity index (χ0n) is 8.79. The largest absolute Gasteiger partial charge is 0.353 e. The molecule has 1 heterocycles. The maximum Gasteiger partial charge on any atom is 0.128 e. The minimum Gasteiger partial charge on any atom is -0.353 e. The van der Waals surface area contributed by atoms with E-state index in [-0.39, 0.29) is 5.54 Å². The van der Waals surface area contributed by atoms with Crippen molar-refractivity contribution in [3.05, 3.63) is 22.8 Å². The number of pyridine rings is 1. The molecule has 0 atom stereocenters. The van der Waals surface area contributed by atoms with Crippen molar-refractivity contribution in [2.75, 3.05) is 18.5 Å². The van der Waals surface area contributed by atoms with Crippen LogP contribution in [0.15, 0.2) is 22.8 Å². The van der Waals surface area contributed by atoms with Crippen LogP contribution in [0.5, 0.6) is 0 Å². The van der Waals surface area contributed by atoms with Gasteiger partial charge in [0.05, 0.1) is 0 Å². The van der Waals surface area contributed by atoms with Crippen LogP contribution in [0, 0.1) is 0 Å². The van der Waals surface area contributed by atoms with Crippen LogP contribution < -0.4 is 10.6 Å². The molecule has 0 spiro atoms. The maximum atomic E-state index is 5.70. The Balaban J connectivity index is 2.89. The number of nitrogens with two attached hydrogens (primary N) is 1. The highest BCUT2D eigenvalue weighted by Gasteiger charge is 2.22. The summed E-state index contributed by atoms with van der Waals surface area (Å²) in [4.78, 5) is 6.40. The highest BCUT2D eigenvalue weighted by molar-refractivity contribution is 9.10. The van der Waals surface area contributed by atoms with E-state index in [2.05, 4.69) is 39.7 Å². The first-order chi connectivity index (χ1) is 6.47. The van der Waals surface area contributed by atoms with Crippen LogP contribution in [0.25, 0.3) is 0 Å². The van der Waals surface area contributed by atoms with Crippen LogP contribution in [0.1, 0.15) is 13.8 Å². The Labute approximate surface area is 93.4 Å². The molecule has 0 aliphatic heterocycles. The van der Waals surface area contributed by atoms with Gasteiger partial charge in [0, 0.05) is 29.8 Å². The van der Waals surface area contributed by atoms with Crippen LogP contribution >= 0.6 is 15.9 Å². The van der Waals surface area contributed by atoms with E-state index in [1.54, 1.807) is 6.20 Å². The van der Waals surface area contributed by atoms with Gasteiger partial charge in [-0.3, -0.25) is 0 Å². The topological polar surface area (TPSA) is 42.2 Å². The smallest absolute Gasteiger partial charge is 0.128 e. The molecule has 2 N–H and O–H groups in total. The molecule has 1 aromatic heterocycles. The lowest BCUT2D eigenvalue weighted by atomic mass is 10.0. The Kier molecular flexibility index (Phi) is 3.50. The molecule has 0 bridgehead atoms. The molecule has 0 unspecified atom stereocenters. The number of hydrogen-bond acceptors (Lipinski definition) is 3. The molecule has 3 nitrogen and oxygen atoms in total. The molecule has 78 valence electrons. The lowest BCUT2D eigenvalue weighted by Gasteiger charge is -2.35. The summed E-state index contributed by atoms with van der Waals surface area (Å²) in [6.07, 6.45) is 1.79. The summed E-state index contributed by atoms with van der Waals surface area (Å²) in [6.45, 7) is 4.79. The SMILES string of the molecule is CN(c1ccc(Br)cn1)C(C)(C)CN. The average Bonchev–Trinajstić information content (AvgIpc) is 2.18. The zero-order valence-corrected chi connectivity index (χ0v) is 10.4. The minimum atomic E-state index is -0.0686. The van der Waals surface area contributed by atoms with Crippen molar-refractivity contribution in [1.29, 1.82) is 0 Å². The zero-order chi connectivity index (χ0) is 10.8. The van der Waals surface area contributed by atoms with Gasteiger partial charge in [-0.05, 0) is 41.9 Å². The summed E-state index contributed by atoms with van der Waals surface area (Å²) in [5.74, 6) is 0.934. The molecule has 0 radical (unpaired) electrons. The molecule has 1 aromatic rings. The molecular weight excluding hydrogens is 242 g/mol. The van der Waals surface area contributed by atoms with Crippen LogP contribution in [0.3, 0.4) is 0 Å². The highest BCUT2D eigenvalue weighted by Crippen LogP contribution is 2.20. The Bertz CT molecular complexity index is 295. The van der Waals surface area contributed by atoms with E-state index in [1.807, 2.05) is 19.2 Å². The van der Waals surface area contributed by atoms with E-state index < -0.39 is 0 Å². The predicted octanol–water partition coefficient (Wildman–Crippen LogP) is 2.02. The number of anilines is 1. The van der Waals surface area contributed by atoms with Gasteiger partial charge in [0.1, 0.15) is 5.82 Å². The number of hydrogen-bond donors (Lipinski definition) is 1. The van der Waals surface area contributed by atoms with Gasteiger partial charge in [-0.2, -0.15) is 0 Å². The summed E-state index contributed by atoms with van der Waals surface area (Å²) in [5, 5.41) is 0. The van der Waals surface area contributed by atoms with Crippen molar-refractivity contribution >= 4 is 21.7 Å². The Morgan fingerprint density at radius 1 is 1.50 bits per heavy atom. The summed E-state index contributed by atoms with van der Waals surface area (Å²) < 4.78 is 0.986. The summed E-state index contributed by atoms with van der Waals surface area (Å²) >= 11 is 3.36. The standard InChI is InChI=1S/C10H16BrN3/c1-10(2,7-12)14(3)9-5-4-8(11)6-13-9/h4-6H,7,12H2,1-3H3. The van der Waals surface area contributed by atoms with E-state index in [4.69, 9.17) is 5.73 Å². The molecule has 1 rings (SSSR count). The lowest BCUT2D eigenvalue weighted by Crippen LogP contribution is -2.47. The molecule has 0 aliphatic carbocycles. The fraction of sp³-hybridized carbons (Fsp3) is 0.500. The van der Waals surface area contributed by atoms with E-state index in [0.717, 1.165) is 10.3 Å². The first-order valence-electron chi connectivity index (χ1n) is 4.53. The third-order valence-corrected chi connectivity index (χ3v) is 2.93. The fourth-order valence-corrected chi connectivity index (χ4v) is 1.25. The Hall–Kier alpha value is -0.610. The first kappa shape index (κ1) is 11.5. The van der Waals surface area contributed by atoms with Crippen molar-refractivity contribution in [2.24, 2.45) is 5.73 Å². The second-order valence-electron chi connectivity index (χ2n) is 3.91. The van der Waals surface area contributed by atoms with Crippen LogP contribution in [0.2, 0.25) is 0 Å². The van der Waals surface area contributed by atoms with Gasteiger partial charge >= 0.3 is 0 Å². The molecule has 0 aliphatic rings. The first-order valence-corrected chi connectivity index (χ1v) is 5.32. The van der Waals surface area contributed by atoms with Crippen LogP contribution in [0.4, 0.5) is 5.82 Å². The van der Waals surface area contributed by atoms with Crippen molar-refractivity contribution < 1.29 is 0 Å². The molecule has 0 aromatic carbocycles. The second-order valence-corrected chi connectivity index (χ2v) is 4.83. The van der Waals surface area contributed by atoms with Gasteiger partial charge in [0.15, 0.2) is 0 Å². The number of aromatic nitrogens is 1. The molecule has 0 saturated heterocycles. The predicted molar refractivity (Wildman–Crippen MR) is 63.5 cm³/mol. The van der Waals surface area contributed by atoms with Gasteiger partial charge in [0.2, 0.25) is 0 Å².